The van der Waals surface area contributed by atoms with Gasteiger partial charge < -0.3 is 14.8 Å². The minimum absolute atomic E-state index is 0.0466. The lowest BCUT2D eigenvalue weighted by molar-refractivity contribution is -0.118. The van der Waals surface area contributed by atoms with E-state index in [1.54, 1.807) is 6.07 Å². The SMILES string of the molecule is COc1ccc(S(=O)(=O)NCCCNC(C)=O)c(OC)c1. The molecule has 0 heterocycles. The van der Waals surface area contributed by atoms with Crippen LogP contribution in [0.25, 0.3) is 0 Å². The van der Waals surface area contributed by atoms with E-state index in [0.717, 1.165) is 0 Å². The third-order valence-corrected chi connectivity index (χ3v) is 4.18. The maximum Gasteiger partial charge on any atom is 0.244 e. The summed E-state index contributed by atoms with van der Waals surface area (Å²) < 4.78 is 36.9. The zero-order valence-electron chi connectivity index (χ0n) is 12.3. The van der Waals surface area contributed by atoms with Crippen LogP contribution in [0.5, 0.6) is 11.5 Å². The average molecular weight is 316 g/mol. The molecule has 0 saturated heterocycles. The molecule has 0 aliphatic carbocycles. The summed E-state index contributed by atoms with van der Waals surface area (Å²) in [5.74, 6) is 0.579. The van der Waals surface area contributed by atoms with Crippen molar-refractivity contribution in [1.82, 2.24) is 10.0 Å². The Morgan fingerprint density at radius 1 is 1.19 bits per heavy atom. The number of carbonyl (C=O) groups excluding carboxylic acids is 1. The van der Waals surface area contributed by atoms with Gasteiger partial charge in [0.2, 0.25) is 15.9 Å². The van der Waals surface area contributed by atoms with Gasteiger partial charge in [0.1, 0.15) is 16.4 Å². The van der Waals surface area contributed by atoms with E-state index in [1.807, 2.05) is 0 Å². The first-order chi connectivity index (χ1) is 9.90. The zero-order valence-corrected chi connectivity index (χ0v) is 13.1. The van der Waals surface area contributed by atoms with Crippen LogP contribution in [-0.4, -0.2) is 41.6 Å². The number of amides is 1. The molecule has 1 aromatic carbocycles. The minimum Gasteiger partial charge on any atom is -0.497 e. The smallest absolute Gasteiger partial charge is 0.244 e. The molecule has 118 valence electrons. The first-order valence-electron chi connectivity index (χ1n) is 6.37. The summed E-state index contributed by atoms with van der Waals surface area (Å²) in [6.45, 7) is 2.04. The van der Waals surface area contributed by atoms with E-state index in [2.05, 4.69) is 10.0 Å². The van der Waals surface area contributed by atoms with Crippen molar-refractivity contribution in [2.45, 2.75) is 18.2 Å². The third kappa shape index (κ3) is 5.24. The highest BCUT2D eigenvalue weighted by molar-refractivity contribution is 7.89. The lowest BCUT2D eigenvalue weighted by Crippen LogP contribution is -2.29. The summed E-state index contributed by atoms with van der Waals surface area (Å²) in [4.78, 5) is 10.7. The fraction of sp³-hybridized carbons (Fsp3) is 0.462. The summed E-state index contributed by atoms with van der Waals surface area (Å²) in [5, 5.41) is 2.59. The van der Waals surface area contributed by atoms with Crippen LogP contribution in [0.15, 0.2) is 23.1 Å². The Labute approximate surface area is 124 Å². The average Bonchev–Trinajstić information content (AvgIpc) is 2.45. The zero-order chi connectivity index (χ0) is 15.9. The van der Waals surface area contributed by atoms with Gasteiger partial charge in [-0.05, 0) is 18.6 Å². The Morgan fingerprint density at radius 2 is 1.90 bits per heavy atom. The summed E-state index contributed by atoms with van der Waals surface area (Å²) >= 11 is 0. The van der Waals surface area contributed by atoms with E-state index >= 15 is 0 Å². The molecule has 0 aromatic heterocycles. The van der Waals surface area contributed by atoms with E-state index in [1.165, 1.54) is 33.3 Å². The topological polar surface area (TPSA) is 93.7 Å². The van der Waals surface area contributed by atoms with Crippen molar-refractivity contribution in [2.75, 3.05) is 27.3 Å². The van der Waals surface area contributed by atoms with Crippen molar-refractivity contribution in [1.29, 1.82) is 0 Å². The van der Waals surface area contributed by atoms with Crippen LogP contribution in [0, 0.1) is 0 Å². The van der Waals surface area contributed by atoms with Crippen LogP contribution in [0.2, 0.25) is 0 Å². The van der Waals surface area contributed by atoms with Crippen molar-refractivity contribution in [3.63, 3.8) is 0 Å². The molecule has 2 N–H and O–H groups in total. The highest BCUT2D eigenvalue weighted by atomic mass is 32.2. The van der Waals surface area contributed by atoms with Gasteiger partial charge in [-0.3, -0.25) is 4.79 Å². The second kappa shape index (κ2) is 7.84. The number of hydrogen-bond donors (Lipinski definition) is 2. The molecular formula is C13H20N2O5S. The van der Waals surface area contributed by atoms with E-state index in [4.69, 9.17) is 9.47 Å². The number of rotatable bonds is 8. The molecule has 8 heteroatoms. The number of hydrogen-bond acceptors (Lipinski definition) is 5. The van der Waals surface area contributed by atoms with Crippen LogP contribution in [0.3, 0.4) is 0 Å². The Morgan fingerprint density at radius 3 is 2.48 bits per heavy atom. The molecular weight excluding hydrogens is 296 g/mol. The largest absolute Gasteiger partial charge is 0.497 e. The fourth-order valence-electron chi connectivity index (χ4n) is 1.63. The standard InChI is InChI=1S/C13H20N2O5S/c1-10(16)14-7-4-8-15-21(17,18)13-6-5-11(19-2)9-12(13)20-3/h5-6,9,15H,4,7-8H2,1-3H3,(H,14,16). The van der Waals surface area contributed by atoms with Gasteiger partial charge in [-0.15, -0.1) is 0 Å². The van der Waals surface area contributed by atoms with E-state index in [9.17, 15) is 13.2 Å². The maximum atomic E-state index is 12.2. The summed E-state index contributed by atoms with van der Waals surface area (Å²) in [6.07, 6.45) is 0.497. The van der Waals surface area contributed by atoms with Gasteiger partial charge >= 0.3 is 0 Å². The monoisotopic (exact) mass is 316 g/mol. The molecule has 1 aromatic rings. The molecule has 7 nitrogen and oxygen atoms in total. The number of benzene rings is 1. The second-order valence-corrected chi connectivity index (χ2v) is 5.99. The van der Waals surface area contributed by atoms with Gasteiger partial charge in [0.05, 0.1) is 14.2 Å². The molecule has 1 rings (SSSR count). The van der Waals surface area contributed by atoms with E-state index in [-0.39, 0.29) is 23.1 Å². The molecule has 21 heavy (non-hydrogen) atoms. The predicted octanol–water partition coefficient (Wildman–Crippen LogP) is 0.508. The fourth-order valence-corrected chi connectivity index (χ4v) is 2.86. The summed E-state index contributed by atoms with van der Waals surface area (Å²) in [6, 6.07) is 4.48. The molecule has 0 fully saturated rings. The molecule has 0 radical (unpaired) electrons. The van der Waals surface area contributed by atoms with Crippen LogP contribution >= 0.6 is 0 Å². The quantitative estimate of drug-likeness (QED) is 0.682. The molecule has 0 spiro atoms. The molecule has 0 aliphatic heterocycles. The maximum absolute atomic E-state index is 12.2. The summed E-state index contributed by atoms with van der Waals surface area (Å²) in [7, 11) is -0.789. The Kier molecular flexibility index (Phi) is 6.44. The van der Waals surface area contributed by atoms with E-state index in [0.29, 0.717) is 18.7 Å². The van der Waals surface area contributed by atoms with Gasteiger partial charge in [-0.25, -0.2) is 13.1 Å². The molecule has 0 unspecified atom stereocenters. The molecule has 0 saturated carbocycles. The second-order valence-electron chi connectivity index (χ2n) is 4.25. The number of sulfonamides is 1. The molecule has 0 bridgehead atoms. The van der Waals surface area contributed by atoms with Crippen LogP contribution in [0.4, 0.5) is 0 Å². The number of methoxy groups -OCH3 is 2. The lowest BCUT2D eigenvalue weighted by Gasteiger charge is -2.12. The Bertz CT molecular complexity index is 586. The van der Waals surface area contributed by atoms with Gasteiger partial charge in [-0.1, -0.05) is 0 Å². The van der Waals surface area contributed by atoms with Crippen molar-refractivity contribution >= 4 is 15.9 Å². The Balaban J connectivity index is 2.72. The number of nitrogens with one attached hydrogen (secondary N) is 2. The highest BCUT2D eigenvalue weighted by Gasteiger charge is 2.19. The van der Waals surface area contributed by atoms with Crippen LogP contribution in [0.1, 0.15) is 13.3 Å². The van der Waals surface area contributed by atoms with Crippen molar-refractivity contribution in [2.24, 2.45) is 0 Å². The van der Waals surface area contributed by atoms with Crippen LogP contribution < -0.4 is 19.5 Å². The van der Waals surface area contributed by atoms with E-state index < -0.39 is 10.0 Å². The molecule has 0 aliphatic rings. The van der Waals surface area contributed by atoms with Gasteiger partial charge in [0.15, 0.2) is 0 Å². The third-order valence-electron chi connectivity index (χ3n) is 2.68. The highest BCUT2D eigenvalue weighted by Crippen LogP contribution is 2.28. The first-order valence-corrected chi connectivity index (χ1v) is 7.85. The van der Waals surface area contributed by atoms with Crippen molar-refractivity contribution < 1.29 is 22.7 Å². The predicted molar refractivity (Wildman–Crippen MR) is 78.0 cm³/mol. The van der Waals surface area contributed by atoms with Crippen molar-refractivity contribution in [3.8, 4) is 11.5 Å². The van der Waals surface area contributed by atoms with Crippen LogP contribution in [-0.2, 0) is 14.8 Å². The lowest BCUT2D eigenvalue weighted by atomic mass is 10.3. The number of ether oxygens (including phenoxy) is 2. The Hall–Kier alpha value is -1.80. The van der Waals surface area contributed by atoms with Gasteiger partial charge in [0.25, 0.3) is 0 Å². The number of carbonyl (C=O) groups is 1. The molecule has 0 atom stereocenters. The summed E-state index contributed by atoms with van der Waals surface area (Å²) in [5.41, 5.74) is 0. The molecule has 1 amide bonds. The van der Waals surface area contributed by atoms with Gasteiger partial charge in [-0.2, -0.15) is 0 Å². The normalized spacial score (nSPS) is 11.0. The first kappa shape index (κ1) is 17.3. The van der Waals surface area contributed by atoms with Gasteiger partial charge in [0, 0.05) is 26.1 Å². The minimum atomic E-state index is -3.67. The van der Waals surface area contributed by atoms with Crippen molar-refractivity contribution in [3.05, 3.63) is 18.2 Å².